The molecule has 102 valence electrons. The van der Waals surface area contributed by atoms with Crippen LogP contribution in [-0.4, -0.2) is 49.2 Å². The highest BCUT2D eigenvalue weighted by atomic mass is 15.5. The Morgan fingerprint density at radius 1 is 0.882 bits per heavy atom. The summed E-state index contributed by atoms with van der Waals surface area (Å²) >= 11 is 0. The van der Waals surface area contributed by atoms with Crippen molar-refractivity contribution in [2.24, 2.45) is 11.8 Å². The monoisotopic (exact) mass is 241 g/mol. The highest BCUT2D eigenvalue weighted by molar-refractivity contribution is 4.73. The number of likely N-dealkylation sites (N-methyl/N-ethyl adjacent to an activating group) is 1. The molecule has 0 saturated carbocycles. The molecule has 0 bridgehead atoms. The van der Waals surface area contributed by atoms with Crippen LogP contribution in [0.3, 0.4) is 0 Å². The molecule has 1 rings (SSSR count). The van der Waals surface area contributed by atoms with Crippen LogP contribution < -0.4 is 5.43 Å². The van der Waals surface area contributed by atoms with Crippen molar-refractivity contribution in [3.63, 3.8) is 0 Å². The molecule has 0 radical (unpaired) electrons. The van der Waals surface area contributed by atoms with E-state index in [1.54, 1.807) is 0 Å². The van der Waals surface area contributed by atoms with Crippen LogP contribution in [0, 0.1) is 11.8 Å². The average molecular weight is 241 g/mol. The molecule has 17 heavy (non-hydrogen) atoms. The van der Waals surface area contributed by atoms with Crippen LogP contribution in [0.25, 0.3) is 0 Å². The second-order valence-electron chi connectivity index (χ2n) is 6.38. The van der Waals surface area contributed by atoms with Crippen LogP contribution in [0.2, 0.25) is 0 Å². The van der Waals surface area contributed by atoms with Gasteiger partial charge in [0.2, 0.25) is 0 Å². The lowest BCUT2D eigenvalue weighted by Crippen LogP contribution is -2.54. The maximum atomic E-state index is 3.75. The van der Waals surface area contributed by atoms with Gasteiger partial charge in [-0.2, -0.15) is 0 Å². The van der Waals surface area contributed by atoms with E-state index < -0.39 is 0 Å². The van der Waals surface area contributed by atoms with Gasteiger partial charge in [-0.25, -0.2) is 5.01 Å². The van der Waals surface area contributed by atoms with E-state index in [0.717, 1.165) is 24.9 Å². The van der Waals surface area contributed by atoms with Gasteiger partial charge in [-0.15, -0.1) is 0 Å². The molecule has 0 aromatic heterocycles. The zero-order valence-electron chi connectivity index (χ0n) is 12.4. The molecule has 0 atom stereocenters. The van der Waals surface area contributed by atoms with E-state index in [0.29, 0.717) is 6.04 Å². The standard InChI is InChI=1S/C14H31N3/c1-12(2)10-14(11-13(3)4)15-17-8-6-16(5)7-9-17/h12-15H,6-11H2,1-5H3. The van der Waals surface area contributed by atoms with Gasteiger partial charge in [-0.05, 0) is 31.7 Å². The Morgan fingerprint density at radius 3 is 1.76 bits per heavy atom. The topological polar surface area (TPSA) is 18.5 Å². The average Bonchev–Trinajstić information content (AvgIpc) is 2.19. The van der Waals surface area contributed by atoms with Crippen LogP contribution in [0.1, 0.15) is 40.5 Å². The largest absolute Gasteiger partial charge is 0.304 e. The molecule has 1 N–H and O–H groups in total. The van der Waals surface area contributed by atoms with E-state index >= 15 is 0 Å². The number of rotatable bonds is 6. The first kappa shape index (κ1) is 14.9. The summed E-state index contributed by atoms with van der Waals surface area (Å²) in [5.41, 5.74) is 3.75. The van der Waals surface area contributed by atoms with Gasteiger partial charge >= 0.3 is 0 Å². The zero-order valence-corrected chi connectivity index (χ0v) is 12.4. The number of nitrogens with zero attached hydrogens (tertiary/aromatic N) is 2. The molecule has 1 fully saturated rings. The Hall–Kier alpha value is -0.120. The van der Waals surface area contributed by atoms with Crippen molar-refractivity contribution in [2.45, 2.75) is 46.6 Å². The van der Waals surface area contributed by atoms with E-state index in [2.05, 4.69) is 50.1 Å². The minimum atomic E-state index is 0.651. The maximum absolute atomic E-state index is 3.75. The molecule has 0 unspecified atom stereocenters. The SMILES string of the molecule is CC(C)CC(CC(C)C)NN1CCN(C)CC1. The minimum absolute atomic E-state index is 0.651. The summed E-state index contributed by atoms with van der Waals surface area (Å²) in [7, 11) is 2.21. The van der Waals surface area contributed by atoms with Crippen LogP contribution in [0.4, 0.5) is 0 Å². The van der Waals surface area contributed by atoms with Crippen LogP contribution in [0.15, 0.2) is 0 Å². The normalized spacial score (nSPS) is 19.8. The number of piperazine rings is 1. The fourth-order valence-electron chi connectivity index (χ4n) is 2.53. The molecule has 0 aliphatic carbocycles. The maximum Gasteiger partial charge on any atom is 0.0259 e. The van der Waals surface area contributed by atoms with E-state index in [4.69, 9.17) is 0 Å². The molecule has 1 saturated heterocycles. The molecular formula is C14H31N3. The molecule has 1 heterocycles. The highest BCUT2D eigenvalue weighted by Crippen LogP contribution is 2.14. The van der Waals surface area contributed by atoms with Gasteiger partial charge < -0.3 is 4.90 Å². The number of hydrogen-bond acceptors (Lipinski definition) is 3. The van der Waals surface area contributed by atoms with Gasteiger partial charge in [0.15, 0.2) is 0 Å². The van der Waals surface area contributed by atoms with Gasteiger partial charge in [0.1, 0.15) is 0 Å². The zero-order chi connectivity index (χ0) is 12.8. The number of hydrazine groups is 1. The number of nitrogens with one attached hydrogen (secondary N) is 1. The predicted octanol–water partition coefficient (Wildman–Crippen LogP) is 2.20. The first-order valence-electron chi connectivity index (χ1n) is 7.17. The lowest BCUT2D eigenvalue weighted by atomic mass is 9.96. The van der Waals surface area contributed by atoms with Gasteiger partial charge in [0, 0.05) is 32.2 Å². The van der Waals surface area contributed by atoms with Gasteiger partial charge in [-0.1, -0.05) is 27.7 Å². The fraction of sp³-hybridized carbons (Fsp3) is 1.00. The quantitative estimate of drug-likeness (QED) is 0.769. The lowest BCUT2D eigenvalue weighted by Gasteiger charge is -2.36. The van der Waals surface area contributed by atoms with E-state index in [9.17, 15) is 0 Å². The summed E-state index contributed by atoms with van der Waals surface area (Å²) in [4.78, 5) is 2.40. The summed E-state index contributed by atoms with van der Waals surface area (Å²) in [5.74, 6) is 1.55. The molecule has 1 aliphatic heterocycles. The summed E-state index contributed by atoms with van der Waals surface area (Å²) in [6.45, 7) is 14.0. The molecule has 3 nitrogen and oxygen atoms in total. The molecule has 0 spiro atoms. The molecule has 0 aromatic rings. The molecule has 0 aromatic carbocycles. The van der Waals surface area contributed by atoms with Crippen molar-refractivity contribution in [1.29, 1.82) is 0 Å². The Balaban J connectivity index is 2.36. The summed E-state index contributed by atoms with van der Waals surface area (Å²) in [6.07, 6.45) is 2.56. The van der Waals surface area contributed by atoms with Crippen LogP contribution >= 0.6 is 0 Å². The first-order valence-corrected chi connectivity index (χ1v) is 7.17. The van der Waals surface area contributed by atoms with Crippen molar-refractivity contribution >= 4 is 0 Å². The van der Waals surface area contributed by atoms with Crippen molar-refractivity contribution < 1.29 is 0 Å². The minimum Gasteiger partial charge on any atom is -0.304 e. The van der Waals surface area contributed by atoms with Crippen LogP contribution in [-0.2, 0) is 0 Å². The van der Waals surface area contributed by atoms with Gasteiger partial charge in [0.05, 0.1) is 0 Å². The Labute approximate surface area is 108 Å². The van der Waals surface area contributed by atoms with Crippen molar-refractivity contribution in [3.05, 3.63) is 0 Å². The molecule has 0 amide bonds. The van der Waals surface area contributed by atoms with E-state index in [1.165, 1.54) is 25.9 Å². The second kappa shape index (κ2) is 7.34. The van der Waals surface area contributed by atoms with Gasteiger partial charge in [-0.3, -0.25) is 5.43 Å². The third-order valence-corrected chi connectivity index (χ3v) is 3.38. The predicted molar refractivity (Wildman–Crippen MR) is 74.9 cm³/mol. The second-order valence-corrected chi connectivity index (χ2v) is 6.38. The van der Waals surface area contributed by atoms with Crippen LogP contribution in [0.5, 0.6) is 0 Å². The smallest absolute Gasteiger partial charge is 0.0259 e. The lowest BCUT2D eigenvalue weighted by molar-refractivity contribution is 0.0771. The molecule has 1 aliphatic rings. The van der Waals surface area contributed by atoms with Gasteiger partial charge in [0.25, 0.3) is 0 Å². The third kappa shape index (κ3) is 6.39. The molecular weight excluding hydrogens is 210 g/mol. The van der Waals surface area contributed by atoms with E-state index in [1.807, 2.05) is 0 Å². The van der Waals surface area contributed by atoms with Crippen molar-refractivity contribution in [3.8, 4) is 0 Å². The Morgan fingerprint density at radius 2 is 1.35 bits per heavy atom. The fourth-order valence-corrected chi connectivity index (χ4v) is 2.53. The first-order chi connectivity index (χ1) is 7.97. The summed E-state index contributed by atoms with van der Waals surface area (Å²) in [5, 5.41) is 2.43. The van der Waals surface area contributed by atoms with E-state index in [-0.39, 0.29) is 0 Å². The third-order valence-electron chi connectivity index (χ3n) is 3.38. The summed E-state index contributed by atoms with van der Waals surface area (Å²) < 4.78 is 0. The molecule has 3 heteroatoms. The summed E-state index contributed by atoms with van der Waals surface area (Å²) in [6, 6.07) is 0.651. The Bertz CT molecular complexity index is 186. The highest BCUT2D eigenvalue weighted by Gasteiger charge is 2.19. The number of hydrogen-bond donors (Lipinski definition) is 1. The van der Waals surface area contributed by atoms with Crippen molar-refractivity contribution in [1.82, 2.24) is 15.3 Å². The Kier molecular flexibility index (Phi) is 6.45. The van der Waals surface area contributed by atoms with Crippen molar-refractivity contribution in [2.75, 3.05) is 33.2 Å².